The second-order valence-corrected chi connectivity index (χ2v) is 5.65. The molecule has 1 heterocycles. The number of hydrogen-bond acceptors (Lipinski definition) is 3. The molecule has 2 rings (SSSR count). The SMILES string of the molecule is CN1CCCC(Nc2ccccc2SC(F)F)C1. The van der Waals surface area contributed by atoms with Crippen LogP contribution in [0.25, 0.3) is 0 Å². The Hall–Kier alpha value is -0.810. The van der Waals surface area contributed by atoms with Crippen LogP contribution in [0, 0.1) is 0 Å². The van der Waals surface area contributed by atoms with Crippen LogP contribution in [0.2, 0.25) is 0 Å². The summed E-state index contributed by atoms with van der Waals surface area (Å²) in [4.78, 5) is 2.89. The molecule has 5 heteroatoms. The van der Waals surface area contributed by atoms with E-state index >= 15 is 0 Å². The summed E-state index contributed by atoms with van der Waals surface area (Å²) < 4.78 is 24.9. The van der Waals surface area contributed by atoms with Gasteiger partial charge in [0, 0.05) is 23.2 Å². The van der Waals surface area contributed by atoms with Crippen molar-refractivity contribution >= 4 is 17.4 Å². The zero-order chi connectivity index (χ0) is 13.0. The number of thioether (sulfide) groups is 1. The van der Waals surface area contributed by atoms with Gasteiger partial charge in [0.05, 0.1) is 0 Å². The molecule has 1 unspecified atom stereocenters. The van der Waals surface area contributed by atoms with Crippen molar-refractivity contribution in [3.05, 3.63) is 24.3 Å². The molecule has 0 bridgehead atoms. The predicted molar refractivity (Wildman–Crippen MR) is 72.4 cm³/mol. The Morgan fingerprint density at radius 1 is 1.39 bits per heavy atom. The van der Waals surface area contributed by atoms with E-state index in [0.717, 1.165) is 31.6 Å². The van der Waals surface area contributed by atoms with Gasteiger partial charge in [-0.15, -0.1) is 0 Å². The van der Waals surface area contributed by atoms with Gasteiger partial charge in [0.15, 0.2) is 0 Å². The smallest absolute Gasteiger partial charge is 0.288 e. The van der Waals surface area contributed by atoms with E-state index < -0.39 is 5.76 Å². The minimum atomic E-state index is -2.37. The van der Waals surface area contributed by atoms with E-state index in [1.807, 2.05) is 12.1 Å². The number of piperidine rings is 1. The number of likely N-dealkylation sites (tertiary alicyclic amines) is 1. The summed E-state index contributed by atoms with van der Waals surface area (Å²) in [5.41, 5.74) is 0.822. The molecular formula is C13H18F2N2S. The number of para-hydroxylation sites is 1. The number of halogens is 2. The fraction of sp³-hybridized carbons (Fsp3) is 0.538. The third-order valence-corrected chi connectivity index (χ3v) is 3.88. The Labute approximate surface area is 111 Å². The number of likely N-dealkylation sites (N-methyl/N-ethyl adjacent to an activating group) is 1. The lowest BCUT2D eigenvalue weighted by Gasteiger charge is -2.31. The molecule has 100 valence electrons. The average Bonchev–Trinajstić information content (AvgIpc) is 2.31. The molecule has 0 spiro atoms. The Bertz CT molecular complexity index is 387. The van der Waals surface area contributed by atoms with Gasteiger partial charge in [-0.2, -0.15) is 8.78 Å². The van der Waals surface area contributed by atoms with E-state index in [1.165, 1.54) is 0 Å². The molecule has 1 atom stereocenters. The Balaban J connectivity index is 2.03. The van der Waals surface area contributed by atoms with Crippen LogP contribution in [-0.2, 0) is 0 Å². The molecule has 1 aromatic carbocycles. The molecule has 1 aliphatic heterocycles. The molecule has 2 nitrogen and oxygen atoms in total. The second kappa shape index (κ2) is 6.38. The lowest BCUT2D eigenvalue weighted by atomic mass is 10.1. The summed E-state index contributed by atoms with van der Waals surface area (Å²) in [5, 5.41) is 3.39. The van der Waals surface area contributed by atoms with Crippen molar-refractivity contribution in [3.63, 3.8) is 0 Å². The maximum absolute atomic E-state index is 12.5. The molecule has 18 heavy (non-hydrogen) atoms. The minimum absolute atomic E-state index is 0.350. The van der Waals surface area contributed by atoms with E-state index in [9.17, 15) is 8.78 Å². The molecule has 0 aliphatic carbocycles. The largest absolute Gasteiger partial charge is 0.380 e. The van der Waals surface area contributed by atoms with Gasteiger partial charge in [-0.25, -0.2) is 0 Å². The summed E-state index contributed by atoms with van der Waals surface area (Å²) in [5.74, 6) is -2.37. The van der Waals surface area contributed by atoms with Crippen LogP contribution in [0.1, 0.15) is 12.8 Å². The zero-order valence-electron chi connectivity index (χ0n) is 10.4. The second-order valence-electron chi connectivity index (χ2n) is 4.62. The van der Waals surface area contributed by atoms with Crippen molar-refractivity contribution in [1.29, 1.82) is 0 Å². The van der Waals surface area contributed by atoms with Gasteiger partial charge < -0.3 is 10.2 Å². The first kappa shape index (κ1) is 13.6. The highest BCUT2D eigenvalue weighted by atomic mass is 32.2. The zero-order valence-corrected chi connectivity index (χ0v) is 11.2. The highest BCUT2D eigenvalue weighted by Gasteiger charge is 2.18. The summed E-state index contributed by atoms with van der Waals surface area (Å²) >= 11 is 0.605. The topological polar surface area (TPSA) is 15.3 Å². The van der Waals surface area contributed by atoms with Gasteiger partial charge in [0.25, 0.3) is 5.76 Å². The number of hydrogen-bond donors (Lipinski definition) is 1. The predicted octanol–water partition coefficient (Wildman–Crippen LogP) is 3.51. The highest BCUT2D eigenvalue weighted by molar-refractivity contribution is 7.99. The molecule has 1 N–H and O–H groups in total. The Morgan fingerprint density at radius 3 is 2.89 bits per heavy atom. The van der Waals surface area contributed by atoms with Crippen LogP contribution in [0.3, 0.4) is 0 Å². The molecular weight excluding hydrogens is 254 g/mol. The number of rotatable bonds is 4. The molecule has 1 aliphatic rings. The van der Waals surface area contributed by atoms with Crippen molar-refractivity contribution in [2.75, 3.05) is 25.5 Å². The fourth-order valence-corrected chi connectivity index (χ4v) is 2.89. The van der Waals surface area contributed by atoms with Crippen molar-refractivity contribution in [3.8, 4) is 0 Å². The normalized spacial score (nSPS) is 21.2. The van der Waals surface area contributed by atoms with Gasteiger partial charge >= 0.3 is 0 Å². The first-order valence-electron chi connectivity index (χ1n) is 6.14. The van der Waals surface area contributed by atoms with Crippen LogP contribution < -0.4 is 5.32 Å². The Morgan fingerprint density at radius 2 is 2.17 bits per heavy atom. The van der Waals surface area contributed by atoms with Crippen molar-refractivity contribution in [1.82, 2.24) is 4.90 Å². The van der Waals surface area contributed by atoms with Crippen molar-refractivity contribution < 1.29 is 8.78 Å². The monoisotopic (exact) mass is 272 g/mol. The van der Waals surface area contributed by atoms with Crippen LogP contribution in [0.4, 0.5) is 14.5 Å². The summed E-state index contributed by atoms with van der Waals surface area (Å²) in [7, 11) is 2.09. The van der Waals surface area contributed by atoms with Crippen LogP contribution in [-0.4, -0.2) is 36.8 Å². The van der Waals surface area contributed by atoms with E-state index in [2.05, 4.69) is 17.3 Å². The van der Waals surface area contributed by atoms with Gasteiger partial charge in [-0.3, -0.25) is 0 Å². The van der Waals surface area contributed by atoms with Crippen LogP contribution in [0.15, 0.2) is 29.2 Å². The van der Waals surface area contributed by atoms with E-state index in [4.69, 9.17) is 0 Å². The third-order valence-electron chi connectivity index (χ3n) is 3.09. The van der Waals surface area contributed by atoms with Crippen LogP contribution >= 0.6 is 11.8 Å². The van der Waals surface area contributed by atoms with Gasteiger partial charge in [0.2, 0.25) is 0 Å². The minimum Gasteiger partial charge on any atom is -0.380 e. The summed E-state index contributed by atoms with van der Waals surface area (Å²) in [6, 6.07) is 7.64. The van der Waals surface area contributed by atoms with E-state index in [1.54, 1.807) is 12.1 Å². The molecule has 0 aromatic heterocycles. The summed E-state index contributed by atoms with van der Waals surface area (Å²) in [6.07, 6.45) is 2.25. The highest BCUT2D eigenvalue weighted by Crippen LogP contribution is 2.32. The molecule has 0 saturated carbocycles. The first-order chi connectivity index (χ1) is 8.65. The van der Waals surface area contributed by atoms with E-state index in [-0.39, 0.29) is 0 Å². The van der Waals surface area contributed by atoms with Gasteiger partial charge in [-0.1, -0.05) is 23.9 Å². The average molecular weight is 272 g/mol. The number of benzene rings is 1. The van der Waals surface area contributed by atoms with Crippen molar-refractivity contribution in [2.24, 2.45) is 0 Å². The number of anilines is 1. The molecule has 0 amide bonds. The number of nitrogens with zero attached hydrogens (tertiary/aromatic N) is 1. The fourth-order valence-electron chi connectivity index (χ4n) is 2.29. The lowest BCUT2D eigenvalue weighted by Crippen LogP contribution is -2.39. The molecule has 1 saturated heterocycles. The maximum Gasteiger partial charge on any atom is 0.288 e. The first-order valence-corrected chi connectivity index (χ1v) is 7.02. The summed E-state index contributed by atoms with van der Waals surface area (Å²) in [6.45, 7) is 2.08. The maximum atomic E-state index is 12.5. The molecule has 1 aromatic rings. The number of nitrogens with one attached hydrogen (secondary N) is 1. The van der Waals surface area contributed by atoms with E-state index in [0.29, 0.717) is 22.7 Å². The third kappa shape index (κ3) is 3.85. The van der Waals surface area contributed by atoms with Crippen molar-refractivity contribution in [2.45, 2.75) is 29.5 Å². The van der Waals surface area contributed by atoms with Crippen LogP contribution in [0.5, 0.6) is 0 Å². The van der Waals surface area contributed by atoms with Gasteiger partial charge in [0.1, 0.15) is 0 Å². The number of alkyl halides is 2. The lowest BCUT2D eigenvalue weighted by molar-refractivity contribution is 0.252. The molecule has 1 fully saturated rings. The molecule has 0 radical (unpaired) electrons. The standard InChI is InChI=1S/C13H18F2N2S/c1-17-8-4-5-10(9-17)16-11-6-2-3-7-12(11)18-13(14)15/h2-3,6-7,10,13,16H,4-5,8-9H2,1H3. The Kier molecular flexibility index (Phi) is 4.83. The van der Waals surface area contributed by atoms with Gasteiger partial charge in [-0.05, 0) is 38.6 Å². The quantitative estimate of drug-likeness (QED) is 0.844.